The van der Waals surface area contributed by atoms with E-state index in [1.807, 2.05) is 18.2 Å². The molecule has 0 aliphatic rings. The van der Waals surface area contributed by atoms with E-state index in [-0.39, 0.29) is 5.01 Å². The molecule has 3 heterocycles. The third-order valence-electron chi connectivity index (χ3n) is 3.20. The predicted octanol–water partition coefficient (Wildman–Crippen LogP) is 2.02. The minimum Gasteiger partial charge on any atom is -0.364 e. The number of nitrogens with one attached hydrogen (secondary N) is 1. The number of H-pyrrole nitrogens is 1. The van der Waals surface area contributed by atoms with Crippen molar-refractivity contribution in [3.8, 4) is 17.2 Å². The van der Waals surface area contributed by atoms with Crippen molar-refractivity contribution in [2.75, 3.05) is 0 Å². The molecule has 0 atom stereocenters. The molecule has 3 N–H and O–H groups in total. The van der Waals surface area contributed by atoms with Gasteiger partial charge in [-0.2, -0.15) is 5.10 Å². The number of aromatic nitrogens is 6. The Bertz CT molecular complexity index is 1030. The fourth-order valence-electron chi connectivity index (χ4n) is 2.19. The molecule has 1 aromatic carbocycles. The standard InChI is InChI=1S/C13H8ClN7OS/c14-7-4-2-1-3-6(7)11-19-16-5-21(11)12-8-10(18-20-12)17-13(23-8)9(15)22/h1-5H,(H2,15,22)(H,18,20). The van der Waals surface area contributed by atoms with Crippen LogP contribution < -0.4 is 5.73 Å². The Morgan fingerprint density at radius 3 is 2.96 bits per heavy atom. The van der Waals surface area contributed by atoms with Gasteiger partial charge >= 0.3 is 0 Å². The molecule has 114 valence electrons. The average Bonchev–Trinajstić information content (AvgIpc) is 3.21. The second kappa shape index (κ2) is 5.14. The van der Waals surface area contributed by atoms with Crippen LogP contribution in [0.1, 0.15) is 9.80 Å². The number of nitrogens with zero attached hydrogens (tertiary/aromatic N) is 5. The van der Waals surface area contributed by atoms with Gasteiger partial charge in [0, 0.05) is 5.56 Å². The summed E-state index contributed by atoms with van der Waals surface area (Å²) in [6, 6.07) is 7.31. The highest BCUT2D eigenvalue weighted by atomic mass is 35.5. The van der Waals surface area contributed by atoms with Crippen molar-refractivity contribution in [1.82, 2.24) is 29.9 Å². The number of halogens is 1. The van der Waals surface area contributed by atoms with Gasteiger partial charge in [-0.3, -0.25) is 14.5 Å². The molecule has 0 spiro atoms. The summed E-state index contributed by atoms with van der Waals surface area (Å²) < 4.78 is 2.37. The van der Waals surface area contributed by atoms with Crippen LogP contribution in [0, 0.1) is 0 Å². The van der Waals surface area contributed by atoms with Gasteiger partial charge in [0.25, 0.3) is 5.91 Å². The van der Waals surface area contributed by atoms with Crippen molar-refractivity contribution >= 4 is 39.2 Å². The maximum Gasteiger partial charge on any atom is 0.277 e. The van der Waals surface area contributed by atoms with Crippen LogP contribution in [-0.2, 0) is 0 Å². The van der Waals surface area contributed by atoms with Gasteiger partial charge in [-0.15, -0.1) is 21.5 Å². The van der Waals surface area contributed by atoms with Crippen molar-refractivity contribution in [3.05, 3.63) is 40.6 Å². The lowest BCUT2D eigenvalue weighted by Gasteiger charge is -2.04. The summed E-state index contributed by atoms with van der Waals surface area (Å²) in [6.45, 7) is 0. The number of primary amides is 1. The maximum absolute atomic E-state index is 11.3. The number of fused-ring (bicyclic) bond motifs is 1. The minimum atomic E-state index is -0.583. The number of amides is 1. The van der Waals surface area contributed by atoms with E-state index in [2.05, 4.69) is 25.4 Å². The van der Waals surface area contributed by atoms with Crippen LogP contribution in [0.5, 0.6) is 0 Å². The maximum atomic E-state index is 11.3. The number of aromatic amines is 1. The summed E-state index contributed by atoms with van der Waals surface area (Å²) in [5.41, 5.74) is 6.48. The highest BCUT2D eigenvalue weighted by molar-refractivity contribution is 7.20. The first-order valence-corrected chi connectivity index (χ1v) is 7.64. The molecule has 0 radical (unpaired) electrons. The van der Waals surface area contributed by atoms with Gasteiger partial charge in [-0.25, -0.2) is 4.98 Å². The van der Waals surface area contributed by atoms with Crippen LogP contribution in [-0.4, -0.2) is 35.9 Å². The third-order valence-corrected chi connectivity index (χ3v) is 4.59. The highest BCUT2D eigenvalue weighted by Gasteiger charge is 2.20. The number of benzene rings is 1. The second-order valence-electron chi connectivity index (χ2n) is 4.61. The molecular weight excluding hydrogens is 338 g/mol. The summed E-state index contributed by atoms with van der Waals surface area (Å²) in [6.07, 6.45) is 1.53. The van der Waals surface area contributed by atoms with Crippen molar-refractivity contribution in [2.24, 2.45) is 5.73 Å². The van der Waals surface area contributed by atoms with E-state index in [1.165, 1.54) is 6.33 Å². The Morgan fingerprint density at radius 1 is 1.35 bits per heavy atom. The predicted molar refractivity (Wildman–Crippen MR) is 85.6 cm³/mol. The summed E-state index contributed by atoms with van der Waals surface area (Å²) in [7, 11) is 0. The molecule has 0 fully saturated rings. The zero-order chi connectivity index (χ0) is 16.0. The van der Waals surface area contributed by atoms with Crippen LogP contribution in [0.4, 0.5) is 0 Å². The normalized spacial score (nSPS) is 11.2. The SMILES string of the molecule is NC(=O)c1nc2[nH]nc(-n3cnnc3-c3ccccc3Cl)c2s1. The van der Waals surface area contributed by atoms with E-state index < -0.39 is 5.91 Å². The molecule has 0 bridgehead atoms. The Morgan fingerprint density at radius 2 is 2.17 bits per heavy atom. The molecule has 23 heavy (non-hydrogen) atoms. The van der Waals surface area contributed by atoms with Gasteiger partial charge in [0.15, 0.2) is 22.3 Å². The Balaban J connectivity index is 1.91. The molecule has 0 saturated carbocycles. The van der Waals surface area contributed by atoms with Crippen LogP contribution in [0.2, 0.25) is 5.02 Å². The number of carbonyl (C=O) groups excluding carboxylic acids is 1. The number of thiazole rings is 1. The number of hydrogen-bond acceptors (Lipinski definition) is 6. The van der Waals surface area contributed by atoms with Gasteiger partial charge in [-0.1, -0.05) is 23.7 Å². The number of nitrogens with two attached hydrogens (primary N) is 1. The van der Waals surface area contributed by atoms with Crippen LogP contribution >= 0.6 is 22.9 Å². The van der Waals surface area contributed by atoms with E-state index in [0.717, 1.165) is 16.9 Å². The Hall–Kier alpha value is -2.78. The van der Waals surface area contributed by atoms with E-state index in [9.17, 15) is 4.79 Å². The lowest BCUT2D eigenvalue weighted by Crippen LogP contribution is -2.10. The second-order valence-corrected chi connectivity index (χ2v) is 6.02. The molecule has 0 aliphatic heterocycles. The molecule has 4 aromatic rings. The summed E-state index contributed by atoms with van der Waals surface area (Å²) in [5, 5.41) is 15.8. The number of carbonyl (C=O) groups is 1. The average molecular weight is 346 g/mol. The molecular formula is C13H8ClN7OS. The molecule has 8 nitrogen and oxygen atoms in total. The number of hydrogen-bond donors (Lipinski definition) is 2. The van der Waals surface area contributed by atoms with Crippen molar-refractivity contribution < 1.29 is 4.79 Å². The van der Waals surface area contributed by atoms with E-state index in [1.54, 1.807) is 10.6 Å². The first-order valence-electron chi connectivity index (χ1n) is 6.45. The largest absolute Gasteiger partial charge is 0.364 e. The topological polar surface area (TPSA) is 115 Å². The molecule has 0 saturated heterocycles. The van der Waals surface area contributed by atoms with Gasteiger partial charge in [0.1, 0.15) is 11.0 Å². The van der Waals surface area contributed by atoms with Gasteiger partial charge in [-0.05, 0) is 12.1 Å². The Labute approximate surface area is 137 Å². The monoisotopic (exact) mass is 345 g/mol. The number of rotatable bonds is 3. The summed E-state index contributed by atoms with van der Waals surface area (Å²) in [4.78, 5) is 15.4. The Kier molecular flexibility index (Phi) is 3.10. The molecule has 1 amide bonds. The van der Waals surface area contributed by atoms with Gasteiger partial charge < -0.3 is 5.73 Å². The quantitative estimate of drug-likeness (QED) is 0.589. The summed E-state index contributed by atoms with van der Waals surface area (Å²) in [5.74, 6) is 0.489. The molecule has 0 aliphatic carbocycles. The van der Waals surface area contributed by atoms with Crippen LogP contribution in [0.15, 0.2) is 30.6 Å². The van der Waals surface area contributed by atoms with E-state index >= 15 is 0 Å². The zero-order valence-corrected chi connectivity index (χ0v) is 13.0. The minimum absolute atomic E-state index is 0.210. The molecule has 4 rings (SSSR count). The third kappa shape index (κ3) is 2.17. The van der Waals surface area contributed by atoms with Crippen molar-refractivity contribution in [3.63, 3.8) is 0 Å². The first-order chi connectivity index (χ1) is 11.1. The van der Waals surface area contributed by atoms with Gasteiger partial charge in [0.2, 0.25) is 0 Å². The van der Waals surface area contributed by atoms with Gasteiger partial charge in [0.05, 0.1) is 5.02 Å². The fraction of sp³-hybridized carbons (Fsp3) is 0. The lowest BCUT2D eigenvalue weighted by atomic mass is 10.2. The summed E-state index contributed by atoms with van der Waals surface area (Å²) >= 11 is 7.39. The molecule has 10 heteroatoms. The van der Waals surface area contributed by atoms with Crippen molar-refractivity contribution in [1.29, 1.82) is 0 Å². The van der Waals surface area contributed by atoms with Crippen LogP contribution in [0.25, 0.3) is 27.6 Å². The lowest BCUT2D eigenvalue weighted by molar-refractivity contribution is 0.1000. The smallest absolute Gasteiger partial charge is 0.277 e. The van der Waals surface area contributed by atoms with Crippen LogP contribution in [0.3, 0.4) is 0 Å². The molecule has 3 aromatic heterocycles. The highest BCUT2D eigenvalue weighted by Crippen LogP contribution is 2.31. The first kappa shape index (κ1) is 13.9. The van der Waals surface area contributed by atoms with Crippen molar-refractivity contribution in [2.45, 2.75) is 0 Å². The fourth-order valence-corrected chi connectivity index (χ4v) is 3.26. The zero-order valence-electron chi connectivity index (χ0n) is 11.4. The van der Waals surface area contributed by atoms with E-state index in [0.29, 0.717) is 27.0 Å². The molecule has 0 unspecified atom stereocenters. The van der Waals surface area contributed by atoms with E-state index in [4.69, 9.17) is 17.3 Å².